The van der Waals surface area contributed by atoms with Gasteiger partial charge in [-0.25, -0.2) is 4.79 Å². The van der Waals surface area contributed by atoms with E-state index in [1.165, 1.54) is 4.90 Å². The number of hydrogen-bond donors (Lipinski definition) is 11. The van der Waals surface area contributed by atoms with Crippen LogP contribution in [0.2, 0.25) is 0 Å². The predicted octanol–water partition coefficient (Wildman–Crippen LogP) is -4.26. The summed E-state index contributed by atoms with van der Waals surface area (Å²) < 4.78 is 0. The molecule has 1 fully saturated rings. The quantitative estimate of drug-likeness (QED) is 0.0271. The Morgan fingerprint density at radius 3 is 2.11 bits per heavy atom. The number of nitrogens with two attached hydrogens (primary N) is 3. The van der Waals surface area contributed by atoms with Crippen molar-refractivity contribution in [3.8, 4) is 0 Å². The van der Waals surface area contributed by atoms with E-state index < -0.39 is 84.6 Å². The van der Waals surface area contributed by atoms with Crippen LogP contribution < -0.4 is 38.5 Å². The highest BCUT2D eigenvalue weighted by molar-refractivity contribution is 7.80. The van der Waals surface area contributed by atoms with E-state index in [-0.39, 0.29) is 56.2 Å². The zero-order valence-corrected chi connectivity index (χ0v) is 25.7. The van der Waals surface area contributed by atoms with E-state index in [2.05, 4.69) is 51.5 Å². The lowest BCUT2D eigenvalue weighted by Gasteiger charge is -2.27. The first-order valence-corrected chi connectivity index (χ1v) is 14.9. The Morgan fingerprint density at radius 2 is 1.55 bits per heavy atom. The van der Waals surface area contributed by atoms with E-state index in [1.54, 1.807) is 0 Å². The van der Waals surface area contributed by atoms with E-state index in [1.807, 2.05) is 0 Å². The zero-order chi connectivity index (χ0) is 33.4. The van der Waals surface area contributed by atoms with Crippen LogP contribution in [0.25, 0.3) is 0 Å². The van der Waals surface area contributed by atoms with Gasteiger partial charge in [-0.3, -0.25) is 33.8 Å². The summed E-state index contributed by atoms with van der Waals surface area (Å²) in [6.45, 7) is -0.225. The van der Waals surface area contributed by atoms with Crippen LogP contribution in [0.4, 0.5) is 0 Å². The van der Waals surface area contributed by atoms with Crippen LogP contribution in [0.15, 0.2) is 4.99 Å². The fraction of sp³-hybridized carbons (Fsp3) is 0.667. The number of carbonyl (C=O) groups excluding carboxylic acids is 5. The molecule has 5 amide bonds. The molecule has 0 saturated carbocycles. The molecule has 0 aromatic rings. The summed E-state index contributed by atoms with van der Waals surface area (Å²) in [5.41, 5.74) is 16.1. The summed E-state index contributed by atoms with van der Waals surface area (Å²) >= 11 is 8.00. The van der Waals surface area contributed by atoms with Crippen molar-refractivity contribution in [1.82, 2.24) is 26.2 Å². The molecule has 1 aliphatic heterocycles. The number of guanidine groups is 1. The largest absolute Gasteiger partial charge is 0.481 e. The van der Waals surface area contributed by atoms with Crippen LogP contribution in [0.1, 0.15) is 38.5 Å². The fourth-order valence-electron chi connectivity index (χ4n) is 4.12. The molecule has 5 atom stereocenters. The molecular weight excluding hydrogens is 622 g/mol. The predicted molar refractivity (Wildman–Crippen MR) is 164 cm³/mol. The average Bonchev–Trinajstić information content (AvgIpc) is 3.47. The maximum Gasteiger partial charge on any atom is 0.326 e. The molecule has 44 heavy (non-hydrogen) atoms. The van der Waals surface area contributed by atoms with Gasteiger partial charge < -0.3 is 53.6 Å². The maximum absolute atomic E-state index is 13.1. The minimum Gasteiger partial charge on any atom is -0.481 e. The highest BCUT2D eigenvalue weighted by atomic mass is 32.1. The number of nitrogens with zero attached hydrogens (tertiary/aromatic N) is 2. The number of carbonyl (C=O) groups is 7. The molecule has 20 heteroatoms. The van der Waals surface area contributed by atoms with Crippen molar-refractivity contribution in [3.63, 3.8) is 0 Å². The second-order valence-corrected chi connectivity index (χ2v) is 10.6. The summed E-state index contributed by atoms with van der Waals surface area (Å²) in [6, 6.07) is -5.81. The Hall–Kier alpha value is -3.78. The van der Waals surface area contributed by atoms with Crippen molar-refractivity contribution in [2.24, 2.45) is 22.2 Å². The Bertz CT molecular complexity index is 1090. The molecule has 0 radical (unpaired) electrons. The molecule has 0 spiro atoms. The lowest BCUT2D eigenvalue weighted by molar-refractivity contribution is -0.143. The molecule has 1 heterocycles. The van der Waals surface area contributed by atoms with E-state index in [9.17, 15) is 38.7 Å². The number of rotatable bonds is 19. The molecular formula is C24H41N9O9S2. The van der Waals surface area contributed by atoms with Gasteiger partial charge in [0.15, 0.2) is 5.96 Å². The maximum atomic E-state index is 13.1. The third-order valence-electron chi connectivity index (χ3n) is 6.48. The van der Waals surface area contributed by atoms with Crippen LogP contribution in [-0.4, -0.2) is 124 Å². The van der Waals surface area contributed by atoms with Gasteiger partial charge in [-0.15, -0.1) is 0 Å². The first kappa shape index (κ1) is 38.2. The molecule has 0 bridgehead atoms. The number of aliphatic imine (C=N–C) groups is 1. The molecule has 18 nitrogen and oxygen atoms in total. The molecule has 248 valence electrons. The smallest absolute Gasteiger partial charge is 0.326 e. The standard InChI is InChI=1S/C24H41N9O9S2/c25-12(10-43)19(37)30-13(5-6-18(35)36)20(38)29-9-17(34)33-8-2-4-16(33)22(40)32-15(11-44)21(39)31-14(23(41)42)3-1-7-28-24(26)27/h12-16,43-44H,1-11,25H2,(H,29,38)(H,30,37)(H,31,39)(H,32,40)(H,35,36)(H,41,42)(H4,26,27,28). The van der Waals surface area contributed by atoms with Crippen molar-refractivity contribution >= 4 is 72.7 Å². The van der Waals surface area contributed by atoms with Crippen molar-refractivity contribution in [3.05, 3.63) is 0 Å². The molecule has 12 N–H and O–H groups in total. The van der Waals surface area contributed by atoms with Crippen molar-refractivity contribution in [1.29, 1.82) is 0 Å². The van der Waals surface area contributed by atoms with E-state index in [4.69, 9.17) is 22.3 Å². The Balaban J connectivity index is 2.79. The minimum atomic E-state index is -1.30. The number of nitrogens with one attached hydrogen (secondary N) is 4. The number of aliphatic carboxylic acids is 2. The van der Waals surface area contributed by atoms with Gasteiger partial charge >= 0.3 is 11.9 Å². The summed E-state index contributed by atoms with van der Waals surface area (Å²) in [5, 5.41) is 28.0. The van der Waals surface area contributed by atoms with Crippen LogP contribution in [0, 0.1) is 0 Å². The third kappa shape index (κ3) is 13.2. The Kier molecular flexibility index (Phi) is 16.9. The van der Waals surface area contributed by atoms with Gasteiger partial charge in [0.05, 0.1) is 12.6 Å². The topological polar surface area (TPSA) is 302 Å². The number of carboxylic acids is 2. The van der Waals surface area contributed by atoms with Crippen molar-refractivity contribution in [2.45, 2.75) is 68.7 Å². The van der Waals surface area contributed by atoms with E-state index >= 15 is 0 Å². The molecule has 0 aliphatic carbocycles. The molecule has 1 rings (SSSR count). The fourth-order valence-corrected chi connectivity index (χ4v) is 4.54. The lowest BCUT2D eigenvalue weighted by atomic mass is 10.1. The number of hydrogen-bond acceptors (Lipinski definition) is 11. The van der Waals surface area contributed by atoms with Gasteiger partial charge in [-0.2, -0.15) is 25.3 Å². The summed E-state index contributed by atoms with van der Waals surface area (Å²) in [5.74, 6) is -6.50. The SMILES string of the molecule is NC(N)=NCCCC(NC(=O)C(CS)NC(=O)C1CCCN1C(=O)CNC(=O)C(CCC(=O)O)NC(=O)C(N)CS)C(=O)O. The normalized spacial score (nSPS) is 16.9. The summed E-state index contributed by atoms with van der Waals surface area (Å²) in [6.07, 6.45) is 0.283. The first-order chi connectivity index (χ1) is 20.7. The third-order valence-corrected chi connectivity index (χ3v) is 7.24. The van der Waals surface area contributed by atoms with Gasteiger partial charge in [0.1, 0.15) is 24.2 Å². The van der Waals surface area contributed by atoms with Crippen LogP contribution in [0.5, 0.6) is 0 Å². The Labute approximate surface area is 264 Å². The average molecular weight is 664 g/mol. The molecule has 0 aromatic carbocycles. The number of likely N-dealkylation sites (tertiary alicyclic amines) is 1. The van der Waals surface area contributed by atoms with E-state index in [0.29, 0.717) is 6.42 Å². The van der Waals surface area contributed by atoms with Gasteiger partial charge in [-0.05, 0) is 32.1 Å². The highest BCUT2D eigenvalue weighted by Crippen LogP contribution is 2.18. The number of amides is 5. The second kappa shape index (κ2) is 19.5. The minimum absolute atomic E-state index is 0.0184. The lowest BCUT2D eigenvalue weighted by Crippen LogP contribution is -2.57. The number of thiol groups is 2. The Morgan fingerprint density at radius 1 is 0.886 bits per heavy atom. The second-order valence-electron chi connectivity index (χ2n) is 9.84. The van der Waals surface area contributed by atoms with Crippen molar-refractivity contribution < 1.29 is 43.8 Å². The highest BCUT2D eigenvalue weighted by Gasteiger charge is 2.36. The van der Waals surface area contributed by atoms with Gasteiger partial charge in [0, 0.05) is 31.0 Å². The molecule has 1 saturated heterocycles. The molecule has 1 aliphatic rings. The molecule has 5 unspecified atom stereocenters. The van der Waals surface area contributed by atoms with Crippen LogP contribution in [-0.2, 0) is 33.6 Å². The first-order valence-electron chi connectivity index (χ1n) is 13.7. The van der Waals surface area contributed by atoms with Crippen molar-refractivity contribution in [2.75, 3.05) is 31.1 Å². The van der Waals surface area contributed by atoms with Gasteiger partial charge in [0.2, 0.25) is 29.5 Å². The summed E-state index contributed by atoms with van der Waals surface area (Å²) in [4.78, 5) is 91.1. The monoisotopic (exact) mass is 663 g/mol. The zero-order valence-electron chi connectivity index (χ0n) is 23.9. The molecule has 0 aromatic heterocycles. The summed E-state index contributed by atoms with van der Waals surface area (Å²) in [7, 11) is 0. The van der Waals surface area contributed by atoms with Gasteiger partial charge in [-0.1, -0.05) is 0 Å². The van der Waals surface area contributed by atoms with Crippen LogP contribution in [0.3, 0.4) is 0 Å². The van der Waals surface area contributed by atoms with Crippen LogP contribution >= 0.6 is 25.3 Å². The number of carboxylic acid groups (broad SMARTS) is 2. The van der Waals surface area contributed by atoms with Gasteiger partial charge in [0.25, 0.3) is 0 Å². The van der Waals surface area contributed by atoms with E-state index in [0.717, 1.165) is 0 Å².